The number of hydrogen-bond donors (Lipinski definition) is 1. The van der Waals surface area contributed by atoms with E-state index in [2.05, 4.69) is 15.3 Å². The summed E-state index contributed by atoms with van der Waals surface area (Å²) in [5.74, 6) is 0.0743. The quantitative estimate of drug-likeness (QED) is 0.382. The van der Waals surface area contributed by atoms with Crippen LogP contribution in [-0.4, -0.2) is 58.8 Å². The summed E-state index contributed by atoms with van der Waals surface area (Å²) in [7, 11) is -6.60. The Kier molecular flexibility index (Phi) is 7.89. The molecule has 0 saturated heterocycles. The molecule has 0 amide bonds. The lowest BCUT2D eigenvalue weighted by atomic mass is 9.92. The highest BCUT2D eigenvalue weighted by Gasteiger charge is 2.25. The topological polar surface area (TPSA) is 121 Å². The molecule has 1 aromatic heterocycles. The Balaban J connectivity index is 1.32. The van der Waals surface area contributed by atoms with Crippen LogP contribution in [0.15, 0.2) is 104 Å². The average Bonchev–Trinajstić information content (AvgIpc) is 3.40. The maximum atomic E-state index is 12.9. The molecule has 12 heteroatoms. The fraction of sp³-hybridized carbons (Fsp3) is 0.222. The zero-order chi connectivity index (χ0) is 27.5. The molecule has 0 radical (unpaired) electrons. The van der Waals surface area contributed by atoms with Gasteiger partial charge in [0.1, 0.15) is 9.84 Å². The summed E-state index contributed by atoms with van der Waals surface area (Å²) in [5, 5.41) is 5.85. The van der Waals surface area contributed by atoms with Gasteiger partial charge >= 0.3 is 0 Å². The Morgan fingerprint density at radius 1 is 1.05 bits per heavy atom. The fourth-order valence-corrected chi connectivity index (χ4v) is 6.67. The molecular weight excluding hydrogens is 555 g/mol. The molecule has 0 aliphatic carbocycles. The highest BCUT2D eigenvalue weighted by Crippen LogP contribution is 2.30. The largest absolute Gasteiger partial charge is 0.310 e. The van der Waals surface area contributed by atoms with Crippen LogP contribution in [0, 0.1) is 5.92 Å². The highest BCUT2D eigenvalue weighted by atomic mass is 32.2. The van der Waals surface area contributed by atoms with Crippen molar-refractivity contribution in [1.29, 1.82) is 0 Å². The van der Waals surface area contributed by atoms with Crippen molar-refractivity contribution in [3.05, 3.63) is 89.7 Å². The lowest BCUT2D eigenvalue weighted by Crippen LogP contribution is -2.27. The smallest absolute Gasteiger partial charge is 0.206 e. The SMILES string of the molecule is CS(=O)(=O)CCNCc1csc(N2C=CC3C=NCC(=Nc4ccc(S(=O)(=O)c5ccccc5)cc4)C3=C2)n1. The van der Waals surface area contributed by atoms with Gasteiger partial charge in [-0.15, -0.1) is 11.3 Å². The number of hydrogen-bond acceptors (Lipinski definition) is 10. The van der Waals surface area contributed by atoms with Crippen molar-refractivity contribution in [3.63, 3.8) is 0 Å². The van der Waals surface area contributed by atoms with Crippen LogP contribution in [0.5, 0.6) is 0 Å². The van der Waals surface area contributed by atoms with E-state index in [4.69, 9.17) is 4.99 Å². The maximum Gasteiger partial charge on any atom is 0.206 e. The third-order valence-electron chi connectivity index (χ3n) is 6.11. The highest BCUT2D eigenvalue weighted by molar-refractivity contribution is 7.91. The normalized spacial score (nSPS) is 18.3. The van der Waals surface area contributed by atoms with E-state index in [-0.39, 0.29) is 21.5 Å². The van der Waals surface area contributed by atoms with Gasteiger partial charge < -0.3 is 10.2 Å². The standard InChI is InChI=1S/C27H27N5O4S3/c1-38(33,34)14-12-28-16-22-19-37-27(31-22)32-13-11-20-15-29-17-26(25(20)18-32)30-21-7-9-24(10-8-21)39(35,36)23-5-3-2-4-6-23/h2-11,13,15,18-20,28H,12,14,16-17H2,1H3. The van der Waals surface area contributed by atoms with E-state index in [0.29, 0.717) is 25.3 Å². The van der Waals surface area contributed by atoms with E-state index < -0.39 is 19.7 Å². The number of rotatable bonds is 9. The molecule has 5 rings (SSSR count). The van der Waals surface area contributed by atoms with Crippen LogP contribution in [0.2, 0.25) is 0 Å². The number of nitrogens with one attached hydrogen (secondary N) is 1. The average molecular weight is 582 g/mol. The number of fused-ring (bicyclic) bond motifs is 1. The summed E-state index contributed by atoms with van der Waals surface area (Å²) in [6.45, 7) is 1.28. The van der Waals surface area contributed by atoms with Crippen molar-refractivity contribution < 1.29 is 16.8 Å². The van der Waals surface area contributed by atoms with Gasteiger partial charge in [0.05, 0.1) is 39.2 Å². The van der Waals surface area contributed by atoms with E-state index in [9.17, 15) is 16.8 Å². The lowest BCUT2D eigenvalue weighted by Gasteiger charge is -2.26. The molecule has 0 saturated carbocycles. The molecule has 3 aromatic rings. The molecule has 202 valence electrons. The van der Waals surface area contributed by atoms with Gasteiger partial charge in [0, 0.05) is 54.8 Å². The van der Waals surface area contributed by atoms with Gasteiger partial charge in [-0.05, 0) is 36.4 Å². The van der Waals surface area contributed by atoms with E-state index >= 15 is 0 Å². The number of aromatic nitrogens is 1. The van der Waals surface area contributed by atoms with Crippen LogP contribution in [0.25, 0.3) is 0 Å². The summed E-state index contributed by atoms with van der Waals surface area (Å²) in [6, 6.07) is 14.9. The van der Waals surface area contributed by atoms with Gasteiger partial charge in [-0.3, -0.25) is 9.98 Å². The van der Waals surface area contributed by atoms with Gasteiger partial charge in [-0.2, -0.15) is 0 Å². The zero-order valence-electron chi connectivity index (χ0n) is 21.1. The third-order valence-corrected chi connectivity index (χ3v) is 9.75. The monoisotopic (exact) mass is 581 g/mol. The molecule has 39 heavy (non-hydrogen) atoms. The summed E-state index contributed by atoms with van der Waals surface area (Å²) in [5.41, 5.74) is 3.28. The molecule has 2 aliphatic heterocycles. The van der Waals surface area contributed by atoms with Crippen molar-refractivity contribution in [2.75, 3.05) is 30.0 Å². The predicted octanol–water partition coefficient (Wildman–Crippen LogP) is 3.80. The Morgan fingerprint density at radius 2 is 1.79 bits per heavy atom. The third kappa shape index (κ3) is 6.59. The van der Waals surface area contributed by atoms with Crippen molar-refractivity contribution >= 4 is 53.8 Å². The second kappa shape index (κ2) is 11.3. The number of sulfone groups is 2. The van der Waals surface area contributed by atoms with Gasteiger partial charge in [0.2, 0.25) is 9.84 Å². The number of nitrogens with zero attached hydrogens (tertiary/aromatic N) is 4. The summed E-state index contributed by atoms with van der Waals surface area (Å²) in [6.07, 6.45) is 9.11. The summed E-state index contributed by atoms with van der Waals surface area (Å²) in [4.78, 5) is 16.4. The Labute approximate surface area is 232 Å². The minimum atomic E-state index is -3.59. The molecule has 0 bridgehead atoms. The Bertz CT molecular complexity index is 1670. The van der Waals surface area contributed by atoms with E-state index in [1.54, 1.807) is 54.6 Å². The second-order valence-electron chi connectivity index (χ2n) is 9.15. The van der Waals surface area contributed by atoms with Crippen LogP contribution in [-0.2, 0) is 26.2 Å². The van der Waals surface area contributed by atoms with Crippen LogP contribution in [0.1, 0.15) is 5.69 Å². The summed E-state index contributed by atoms with van der Waals surface area (Å²) < 4.78 is 48.4. The van der Waals surface area contributed by atoms with E-state index in [1.807, 2.05) is 35.0 Å². The first-order valence-corrected chi connectivity index (χ1v) is 16.6. The van der Waals surface area contributed by atoms with Gasteiger partial charge in [0.25, 0.3) is 0 Å². The number of aliphatic imine (C=N–C) groups is 2. The molecule has 1 unspecified atom stereocenters. The Hall–Kier alpha value is -3.45. The minimum Gasteiger partial charge on any atom is -0.310 e. The van der Waals surface area contributed by atoms with Gasteiger partial charge in [-0.1, -0.05) is 24.3 Å². The summed E-state index contributed by atoms with van der Waals surface area (Å²) >= 11 is 1.50. The Morgan fingerprint density at radius 3 is 2.54 bits per heavy atom. The predicted molar refractivity (Wildman–Crippen MR) is 156 cm³/mol. The molecule has 0 spiro atoms. The van der Waals surface area contributed by atoms with E-state index in [0.717, 1.165) is 22.1 Å². The number of allylic oxidation sites excluding steroid dienone is 1. The first-order valence-electron chi connectivity index (χ1n) is 12.2. The van der Waals surface area contributed by atoms with Crippen molar-refractivity contribution in [2.24, 2.45) is 15.9 Å². The fourth-order valence-electron chi connectivity index (χ4n) is 4.09. The number of benzene rings is 2. The number of thiazole rings is 1. The molecule has 0 fully saturated rings. The van der Waals surface area contributed by atoms with Crippen molar-refractivity contribution in [2.45, 2.75) is 16.3 Å². The first kappa shape index (κ1) is 27.1. The zero-order valence-corrected chi connectivity index (χ0v) is 23.6. The van der Waals surface area contributed by atoms with E-state index in [1.165, 1.54) is 17.6 Å². The molecule has 1 N–H and O–H groups in total. The van der Waals surface area contributed by atoms with Crippen LogP contribution < -0.4 is 10.2 Å². The van der Waals surface area contributed by atoms with Crippen LogP contribution >= 0.6 is 11.3 Å². The number of anilines is 1. The molecule has 3 heterocycles. The van der Waals surface area contributed by atoms with Gasteiger partial charge in [-0.25, -0.2) is 21.8 Å². The lowest BCUT2D eigenvalue weighted by molar-refractivity contribution is 0.594. The minimum absolute atomic E-state index is 0.0106. The van der Waals surface area contributed by atoms with Crippen molar-refractivity contribution in [3.8, 4) is 0 Å². The molecule has 1 atom stereocenters. The molecular formula is C27H27N5O4S3. The van der Waals surface area contributed by atoms with Crippen LogP contribution in [0.3, 0.4) is 0 Å². The second-order valence-corrected chi connectivity index (χ2v) is 14.2. The molecule has 2 aromatic carbocycles. The van der Waals surface area contributed by atoms with Crippen LogP contribution in [0.4, 0.5) is 10.8 Å². The van der Waals surface area contributed by atoms with Crippen molar-refractivity contribution in [1.82, 2.24) is 10.3 Å². The van der Waals surface area contributed by atoms with Gasteiger partial charge in [0.15, 0.2) is 5.13 Å². The molecule has 2 aliphatic rings. The molecule has 9 nitrogen and oxygen atoms in total. The first-order chi connectivity index (χ1) is 18.7. The maximum absolute atomic E-state index is 12.9.